The fourth-order valence-electron chi connectivity index (χ4n) is 1.35. The van der Waals surface area contributed by atoms with Crippen LogP contribution in [0.1, 0.15) is 18.5 Å². The van der Waals surface area contributed by atoms with Crippen LogP contribution in [-0.4, -0.2) is 9.97 Å². The normalized spacial score (nSPS) is 10.5. The number of aryl methyl sites for hydroxylation is 1. The number of nitrogens with zero attached hydrogens (tertiary/aromatic N) is 2. The average molecular weight is 217 g/mol. The molecule has 0 aromatic carbocycles. The molecule has 0 amide bonds. The van der Waals surface area contributed by atoms with Gasteiger partial charge in [0, 0.05) is 23.3 Å². The Morgan fingerprint density at radius 2 is 2.33 bits per heavy atom. The van der Waals surface area contributed by atoms with E-state index in [1.54, 1.807) is 17.5 Å². The highest BCUT2D eigenvalue weighted by molar-refractivity contribution is 7.13. The predicted octanol–water partition coefficient (Wildman–Crippen LogP) is 3.36. The van der Waals surface area contributed by atoms with Crippen LogP contribution in [0.5, 0.6) is 0 Å². The first kappa shape index (κ1) is 10.3. The van der Waals surface area contributed by atoms with Crippen LogP contribution in [0.3, 0.4) is 0 Å². The molecule has 0 N–H and O–H groups in total. The molecule has 0 saturated carbocycles. The molecule has 2 nitrogen and oxygen atoms in total. The second-order valence-electron chi connectivity index (χ2n) is 3.34. The van der Waals surface area contributed by atoms with Crippen LogP contribution in [0.4, 0.5) is 0 Å². The minimum atomic E-state index is 0.972. The van der Waals surface area contributed by atoms with Gasteiger partial charge in [-0.05, 0) is 25.0 Å². The number of unbranched alkanes of at least 4 members (excludes halogenated alkanes) is 1. The van der Waals surface area contributed by atoms with E-state index in [0.29, 0.717) is 0 Å². The van der Waals surface area contributed by atoms with Crippen LogP contribution in [0, 0.1) is 6.92 Å². The van der Waals surface area contributed by atoms with Gasteiger partial charge in [-0.1, -0.05) is 13.3 Å². The first-order valence-corrected chi connectivity index (χ1v) is 5.92. The van der Waals surface area contributed by atoms with Crippen LogP contribution in [-0.2, 0) is 6.42 Å². The molecule has 2 heterocycles. The first-order valence-electron chi connectivity index (χ1n) is 5.04. The summed E-state index contributed by atoms with van der Waals surface area (Å²) in [6.07, 6.45) is 6.74. The lowest BCUT2D eigenvalue weighted by atomic mass is 10.2. The van der Waals surface area contributed by atoms with Crippen molar-refractivity contribution in [3.8, 4) is 10.6 Å². The highest BCUT2D eigenvalue weighted by atomic mass is 32.1. The lowest BCUT2D eigenvalue weighted by molar-refractivity contribution is 0.823. The molecule has 3 heteroatoms. The van der Waals surface area contributed by atoms with Crippen LogP contribution in [0.25, 0.3) is 10.6 Å². The Labute approximate surface area is 94.0 Å². The van der Waals surface area contributed by atoms with Crippen molar-refractivity contribution < 1.29 is 0 Å². The molecule has 0 bridgehead atoms. The van der Waals surface area contributed by atoms with Gasteiger partial charge in [0.15, 0.2) is 0 Å². The van der Waals surface area contributed by atoms with Gasteiger partial charge in [-0.25, -0.2) is 4.98 Å². The van der Waals surface area contributed by atoms with Crippen molar-refractivity contribution in [3.05, 3.63) is 42.5 Å². The summed E-state index contributed by atoms with van der Waals surface area (Å²) in [4.78, 5) is 8.66. The van der Waals surface area contributed by atoms with Gasteiger partial charge >= 0.3 is 0 Å². The van der Waals surface area contributed by atoms with Gasteiger partial charge in [-0.15, -0.1) is 11.3 Å². The molecule has 0 unspecified atom stereocenters. The minimum absolute atomic E-state index is 0.972. The largest absolute Gasteiger partial charge is 0.264 e. The molecule has 0 saturated heterocycles. The summed E-state index contributed by atoms with van der Waals surface area (Å²) in [6.45, 7) is 3.83. The Kier molecular flexibility index (Phi) is 3.45. The average Bonchev–Trinajstić information content (AvgIpc) is 2.76. The standard InChI is InChI=1S/C12H13N2S/c1-2-3-6-11-9-15-12(14-11)10-5-4-7-13-8-10/h4-5,7-9H,1-3,6H2. The zero-order valence-corrected chi connectivity index (χ0v) is 9.33. The van der Waals surface area contributed by atoms with E-state index < -0.39 is 0 Å². The number of hydrogen-bond donors (Lipinski definition) is 0. The van der Waals surface area contributed by atoms with E-state index >= 15 is 0 Å². The molecule has 15 heavy (non-hydrogen) atoms. The van der Waals surface area contributed by atoms with Crippen molar-refractivity contribution in [2.24, 2.45) is 0 Å². The molecule has 2 aromatic rings. The number of rotatable bonds is 4. The van der Waals surface area contributed by atoms with Gasteiger partial charge in [-0.3, -0.25) is 4.98 Å². The summed E-state index contributed by atoms with van der Waals surface area (Å²) < 4.78 is 0. The summed E-state index contributed by atoms with van der Waals surface area (Å²) in [7, 11) is 0. The number of hydrogen-bond acceptors (Lipinski definition) is 3. The quantitative estimate of drug-likeness (QED) is 0.784. The van der Waals surface area contributed by atoms with Gasteiger partial charge in [0.05, 0.1) is 5.69 Å². The van der Waals surface area contributed by atoms with Crippen LogP contribution in [0.2, 0.25) is 0 Å². The van der Waals surface area contributed by atoms with Crippen LogP contribution < -0.4 is 0 Å². The number of thiazole rings is 1. The second kappa shape index (κ2) is 5.03. The molecule has 0 aliphatic rings. The Balaban J connectivity index is 2.14. The third kappa shape index (κ3) is 2.63. The van der Waals surface area contributed by atoms with E-state index in [1.807, 2.05) is 18.3 Å². The van der Waals surface area contributed by atoms with Gasteiger partial charge in [0.25, 0.3) is 0 Å². The smallest absolute Gasteiger partial charge is 0.125 e. The summed E-state index contributed by atoms with van der Waals surface area (Å²) in [6, 6.07) is 3.98. The maximum absolute atomic E-state index is 4.57. The molecule has 0 spiro atoms. The summed E-state index contributed by atoms with van der Waals surface area (Å²) in [5, 5.41) is 3.18. The Bertz CT molecular complexity index is 409. The number of pyridine rings is 1. The van der Waals surface area contributed by atoms with Crippen molar-refractivity contribution in [2.75, 3.05) is 0 Å². The highest BCUT2D eigenvalue weighted by Gasteiger charge is 2.03. The molecule has 0 aliphatic heterocycles. The molecule has 77 valence electrons. The first-order chi connectivity index (χ1) is 7.40. The fourth-order valence-corrected chi connectivity index (χ4v) is 2.19. The Morgan fingerprint density at radius 3 is 3.07 bits per heavy atom. The van der Waals surface area contributed by atoms with Gasteiger partial charge in [-0.2, -0.15) is 0 Å². The monoisotopic (exact) mass is 217 g/mol. The highest BCUT2D eigenvalue weighted by Crippen LogP contribution is 2.23. The van der Waals surface area contributed by atoms with Crippen molar-refractivity contribution in [3.63, 3.8) is 0 Å². The lowest BCUT2D eigenvalue weighted by Crippen LogP contribution is -1.85. The SMILES string of the molecule is [CH2]CCCc1csc(-c2cccnc2)n1. The van der Waals surface area contributed by atoms with Gasteiger partial charge < -0.3 is 0 Å². The molecule has 1 radical (unpaired) electrons. The van der Waals surface area contributed by atoms with Crippen molar-refractivity contribution in [1.82, 2.24) is 9.97 Å². The fraction of sp³-hybridized carbons (Fsp3) is 0.250. The van der Waals surface area contributed by atoms with Gasteiger partial charge in [0.1, 0.15) is 5.01 Å². The Morgan fingerprint density at radius 1 is 1.40 bits per heavy atom. The van der Waals surface area contributed by atoms with E-state index in [4.69, 9.17) is 0 Å². The zero-order chi connectivity index (χ0) is 10.5. The van der Waals surface area contributed by atoms with Crippen LogP contribution >= 0.6 is 11.3 Å². The van der Waals surface area contributed by atoms with E-state index in [9.17, 15) is 0 Å². The maximum atomic E-state index is 4.57. The zero-order valence-electron chi connectivity index (χ0n) is 8.52. The van der Waals surface area contributed by atoms with E-state index in [0.717, 1.165) is 29.8 Å². The third-order valence-electron chi connectivity index (χ3n) is 2.14. The van der Waals surface area contributed by atoms with Gasteiger partial charge in [0.2, 0.25) is 0 Å². The summed E-state index contributed by atoms with van der Waals surface area (Å²) in [5.74, 6) is 0. The Hall–Kier alpha value is -1.22. The maximum Gasteiger partial charge on any atom is 0.125 e. The molecule has 2 rings (SSSR count). The lowest BCUT2D eigenvalue weighted by Gasteiger charge is -1.94. The topological polar surface area (TPSA) is 25.8 Å². The molecule has 0 fully saturated rings. The molecule has 0 aliphatic carbocycles. The van der Waals surface area contributed by atoms with E-state index in [1.165, 1.54) is 5.69 Å². The van der Waals surface area contributed by atoms with Crippen LogP contribution in [0.15, 0.2) is 29.9 Å². The summed E-state index contributed by atoms with van der Waals surface area (Å²) in [5.41, 5.74) is 2.27. The summed E-state index contributed by atoms with van der Waals surface area (Å²) >= 11 is 1.68. The van der Waals surface area contributed by atoms with Crippen molar-refractivity contribution in [2.45, 2.75) is 19.3 Å². The molecule has 2 aromatic heterocycles. The molecular formula is C12H13N2S. The second-order valence-corrected chi connectivity index (χ2v) is 4.20. The minimum Gasteiger partial charge on any atom is -0.264 e. The third-order valence-corrected chi connectivity index (χ3v) is 3.08. The van der Waals surface area contributed by atoms with Crippen molar-refractivity contribution >= 4 is 11.3 Å². The molecular weight excluding hydrogens is 204 g/mol. The number of aromatic nitrogens is 2. The van der Waals surface area contributed by atoms with E-state index in [-0.39, 0.29) is 0 Å². The molecule has 0 atom stereocenters. The van der Waals surface area contributed by atoms with E-state index in [2.05, 4.69) is 22.3 Å². The predicted molar refractivity (Wildman–Crippen MR) is 63.6 cm³/mol. The van der Waals surface area contributed by atoms with Crippen molar-refractivity contribution in [1.29, 1.82) is 0 Å².